The predicted molar refractivity (Wildman–Crippen MR) is 118 cm³/mol. The van der Waals surface area contributed by atoms with E-state index in [0.29, 0.717) is 24.7 Å². The van der Waals surface area contributed by atoms with Crippen LogP contribution in [-0.4, -0.2) is 51.4 Å². The third-order valence-corrected chi connectivity index (χ3v) is 6.59. The molecule has 2 aromatic carbocycles. The summed E-state index contributed by atoms with van der Waals surface area (Å²) in [6.45, 7) is 8.04. The Bertz CT molecular complexity index is 1150. The number of fused-ring (bicyclic) bond motifs is 1. The Morgan fingerprint density at radius 1 is 1.10 bits per heavy atom. The molecule has 154 valence electrons. The molecule has 0 atom stereocenters. The van der Waals surface area contributed by atoms with Crippen LogP contribution in [0, 0.1) is 0 Å². The standard InChI is InChI=1S/C21H24N6O2Si/c1-30(2,3)11-10-29-14-27-19-12-15(13-28)4-9-18(19)20(24-27)16-5-7-17(8-6-16)21-22-25-26-23-21/h4-9,12-13H,10-11,14H2,1-3H3,(H,22,23,25,26). The molecule has 0 radical (unpaired) electrons. The van der Waals surface area contributed by atoms with Crippen molar-refractivity contribution in [2.75, 3.05) is 6.61 Å². The molecule has 0 unspecified atom stereocenters. The number of nitrogens with one attached hydrogen (secondary N) is 1. The van der Waals surface area contributed by atoms with Crippen LogP contribution in [0.1, 0.15) is 10.4 Å². The number of carbonyl (C=O) groups excluding carboxylic acids is 1. The molecule has 1 N–H and O–H groups in total. The van der Waals surface area contributed by atoms with E-state index in [1.54, 1.807) is 0 Å². The van der Waals surface area contributed by atoms with Crippen molar-refractivity contribution < 1.29 is 9.53 Å². The van der Waals surface area contributed by atoms with Crippen LogP contribution in [0.3, 0.4) is 0 Å². The average Bonchev–Trinajstić information content (AvgIpc) is 3.39. The first-order valence-electron chi connectivity index (χ1n) is 9.82. The van der Waals surface area contributed by atoms with E-state index in [1.165, 1.54) is 0 Å². The maximum absolute atomic E-state index is 11.3. The van der Waals surface area contributed by atoms with Crippen molar-refractivity contribution in [1.82, 2.24) is 30.4 Å². The van der Waals surface area contributed by atoms with Gasteiger partial charge >= 0.3 is 0 Å². The lowest BCUT2D eigenvalue weighted by atomic mass is 10.0. The van der Waals surface area contributed by atoms with Gasteiger partial charge in [0, 0.05) is 36.8 Å². The Hall–Kier alpha value is -3.17. The number of carbonyl (C=O) groups is 1. The molecule has 0 amide bonds. The second kappa shape index (κ2) is 8.29. The number of aldehydes is 1. The zero-order chi connectivity index (χ0) is 21.1. The highest BCUT2D eigenvalue weighted by Crippen LogP contribution is 2.30. The van der Waals surface area contributed by atoms with Gasteiger partial charge in [0.15, 0.2) is 0 Å². The summed E-state index contributed by atoms with van der Waals surface area (Å²) >= 11 is 0. The highest BCUT2D eigenvalue weighted by molar-refractivity contribution is 6.76. The summed E-state index contributed by atoms with van der Waals surface area (Å²) in [6, 6.07) is 14.5. The summed E-state index contributed by atoms with van der Waals surface area (Å²) in [5, 5.41) is 19.8. The van der Waals surface area contributed by atoms with Gasteiger partial charge in [0.05, 0.1) is 5.52 Å². The molecule has 0 aliphatic heterocycles. The molecule has 4 aromatic rings. The van der Waals surface area contributed by atoms with Crippen LogP contribution >= 0.6 is 0 Å². The average molecular weight is 421 g/mol. The third kappa shape index (κ3) is 4.36. The van der Waals surface area contributed by atoms with Crippen molar-refractivity contribution in [2.45, 2.75) is 32.4 Å². The molecular formula is C21H24N6O2Si. The molecule has 0 aliphatic carbocycles. The summed E-state index contributed by atoms with van der Waals surface area (Å²) in [5.41, 5.74) is 4.17. The van der Waals surface area contributed by atoms with Crippen LogP contribution in [0.4, 0.5) is 0 Å². The van der Waals surface area contributed by atoms with Gasteiger partial charge in [-0.05, 0) is 23.4 Å². The Morgan fingerprint density at radius 2 is 1.87 bits per heavy atom. The van der Waals surface area contributed by atoms with Gasteiger partial charge in [0.1, 0.15) is 18.7 Å². The first-order valence-corrected chi connectivity index (χ1v) is 13.5. The van der Waals surface area contributed by atoms with Gasteiger partial charge in [0.2, 0.25) is 5.82 Å². The fraction of sp³-hybridized carbons (Fsp3) is 0.286. The number of benzene rings is 2. The molecule has 2 heterocycles. The van der Waals surface area contributed by atoms with Crippen molar-refractivity contribution in [2.24, 2.45) is 0 Å². The van der Waals surface area contributed by atoms with E-state index < -0.39 is 8.07 Å². The molecule has 0 spiro atoms. The summed E-state index contributed by atoms with van der Waals surface area (Å²) in [6.07, 6.45) is 0.849. The first-order chi connectivity index (χ1) is 14.4. The van der Waals surface area contributed by atoms with E-state index in [0.717, 1.165) is 40.1 Å². The minimum atomic E-state index is -1.16. The van der Waals surface area contributed by atoms with Crippen molar-refractivity contribution in [3.8, 4) is 22.6 Å². The van der Waals surface area contributed by atoms with Gasteiger partial charge in [0.25, 0.3) is 0 Å². The minimum Gasteiger partial charge on any atom is -0.360 e. The Morgan fingerprint density at radius 3 is 2.53 bits per heavy atom. The van der Waals surface area contributed by atoms with E-state index in [4.69, 9.17) is 9.84 Å². The van der Waals surface area contributed by atoms with E-state index in [2.05, 4.69) is 40.3 Å². The predicted octanol–water partition coefficient (Wildman–Crippen LogP) is 4.01. The fourth-order valence-electron chi connectivity index (χ4n) is 3.17. The normalized spacial score (nSPS) is 11.8. The number of ether oxygens (including phenoxy) is 1. The van der Waals surface area contributed by atoms with Crippen LogP contribution in [0.25, 0.3) is 33.5 Å². The van der Waals surface area contributed by atoms with Crippen molar-refractivity contribution in [1.29, 1.82) is 0 Å². The van der Waals surface area contributed by atoms with Crippen LogP contribution < -0.4 is 0 Å². The molecule has 30 heavy (non-hydrogen) atoms. The second-order valence-electron chi connectivity index (χ2n) is 8.40. The van der Waals surface area contributed by atoms with Crippen LogP contribution in [0.15, 0.2) is 42.5 Å². The van der Waals surface area contributed by atoms with Crippen LogP contribution in [0.5, 0.6) is 0 Å². The number of aromatic amines is 1. The molecule has 0 saturated carbocycles. The summed E-state index contributed by atoms with van der Waals surface area (Å²) in [5.74, 6) is 0.545. The van der Waals surface area contributed by atoms with E-state index in [9.17, 15) is 4.79 Å². The maximum atomic E-state index is 11.3. The zero-order valence-corrected chi connectivity index (χ0v) is 18.3. The molecule has 4 rings (SSSR count). The monoisotopic (exact) mass is 420 g/mol. The highest BCUT2D eigenvalue weighted by atomic mass is 28.3. The first kappa shape index (κ1) is 20.1. The zero-order valence-electron chi connectivity index (χ0n) is 17.3. The maximum Gasteiger partial charge on any atom is 0.204 e. The molecule has 0 fully saturated rings. The number of tetrazole rings is 1. The Labute approximate surface area is 175 Å². The van der Waals surface area contributed by atoms with E-state index in [1.807, 2.05) is 47.1 Å². The smallest absolute Gasteiger partial charge is 0.204 e. The van der Waals surface area contributed by atoms with Crippen molar-refractivity contribution in [3.63, 3.8) is 0 Å². The molecule has 0 aliphatic rings. The minimum absolute atomic E-state index is 0.351. The van der Waals surface area contributed by atoms with Crippen molar-refractivity contribution >= 4 is 25.3 Å². The van der Waals surface area contributed by atoms with Gasteiger partial charge in [-0.2, -0.15) is 10.3 Å². The number of hydrogen-bond acceptors (Lipinski definition) is 6. The number of rotatable bonds is 8. The van der Waals surface area contributed by atoms with Gasteiger partial charge in [-0.3, -0.25) is 4.79 Å². The Kier molecular flexibility index (Phi) is 5.56. The summed E-state index contributed by atoms with van der Waals surface area (Å²) in [4.78, 5) is 11.3. The second-order valence-corrected chi connectivity index (χ2v) is 14.0. The molecular weight excluding hydrogens is 396 g/mol. The molecule has 9 heteroatoms. The Balaban J connectivity index is 1.65. The van der Waals surface area contributed by atoms with Crippen LogP contribution in [-0.2, 0) is 11.5 Å². The lowest BCUT2D eigenvalue weighted by molar-refractivity contribution is 0.0818. The summed E-state index contributed by atoms with van der Waals surface area (Å²) in [7, 11) is -1.16. The van der Waals surface area contributed by atoms with E-state index >= 15 is 0 Å². The molecule has 0 bridgehead atoms. The number of aromatic nitrogens is 6. The quantitative estimate of drug-likeness (QED) is 0.263. The summed E-state index contributed by atoms with van der Waals surface area (Å²) < 4.78 is 7.74. The van der Waals surface area contributed by atoms with Crippen LogP contribution in [0.2, 0.25) is 25.7 Å². The molecule has 8 nitrogen and oxygen atoms in total. The lowest BCUT2D eigenvalue weighted by Gasteiger charge is -2.15. The molecule has 2 aromatic heterocycles. The van der Waals surface area contributed by atoms with E-state index in [-0.39, 0.29) is 0 Å². The van der Waals surface area contributed by atoms with Gasteiger partial charge in [-0.15, -0.1) is 10.2 Å². The number of H-pyrrole nitrogens is 1. The van der Waals surface area contributed by atoms with Crippen molar-refractivity contribution in [3.05, 3.63) is 48.0 Å². The SMILES string of the molecule is C[Si](C)(C)CCOCn1nc(-c2ccc(-c3nn[nH]n3)cc2)c2ccc(C=O)cc21. The molecule has 0 saturated heterocycles. The highest BCUT2D eigenvalue weighted by Gasteiger charge is 2.15. The van der Waals surface area contributed by atoms with Gasteiger partial charge in [-0.25, -0.2) is 4.68 Å². The lowest BCUT2D eigenvalue weighted by Crippen LogP contribution is -2.22. The van der Waals surface area contributed by atoms with Gasteiger partial charge < -0.3 is 4.74 Å². The number of hydrogen-bond donors (Lipinski definition) is 1. The third-order valence-electron chi connectivity index (χ3n) is 4.88. The number of nitrogens with zero attached hydrogens (tertiary/aromatic N) is 5. The topological polar surface area (TPSA) is 98.6 Å². The fourth-order valence-corrected chi connectivity index (χ4v) is 3.92. The largest absolute Gasteiger partial charge is 0.360 e. The van der Waals surface area contributed by atoms with Gasteiger partial charge in [-0.1, -0.05) is 50.0 Å².